The molecule has 0 bridgehead atoms. The Morgan fingerprint density at radius 3 is 2.71 bits per heavy atom. The predicted molar refractivity (Wildman–Crippen MR) is 74.9 cm³/mol. The van der Waals surface area contributed by atoms with Gasteiger partial charge in [0.2, 0.25) is 0 Å². The van der Waals surface area contributed by atoms with Crippen LogP contribution in [0.5, 0.6) is 0 Å². The van der Waals surface area contributed by atoms with Crippen molar-refractivity contribution in [3.05, 3.63) is 17.5 Å². The molecular formula is C12H22N4S. The van der Waals surface area contributed by atoms with E-state index in [2.05, 4.69) is 43.4 Å². The summed E-state index contributed by atoms with van der Waals surface area (Å²) in [6, 6.07) is 0. The molecule has 1 aromatic rings. The number of aromatic nitrogens is 2. The first-order valence-electron chi connectivity index (χ1n) is 6.07. The molecule has 2 N–H and O–H groups in total. The van der Waals surface area contributed by atoms with Crippen LogP contribution in [0.1, 0.15) is 32.0 Å². The highest BCUT2D eigenvalue weighted by Gasteiger charge is 2.05. The summed E-state index contributed by atoms with van der Waals surface area (Å²) in [6.07, 6.45) is 1.90. The zero-order chi connectivity index (χ0) is 12.8. The Morgan fingerprint density at radius 1 is 1.47 bits per heavy atom. The smallest absolute Gasteiger partial charge is 0.166 e. The van der Waals surface area contributed by atoms with Crippen LogP contribution in [0.3, 0.4) is 0 Å². The molecule has 0 saturated carbocycles. The molecule has 0 aliphatic carbocycles. The fraction of sp³-hybridized carbons (Fsp3) is 0.667. The van der Waals surface area contributed by atoms with Crippen LogP contribution in [-0.2, 0) is 13.1 Å². The SMILES string of the molecule is CCn1ncc(CNC(=S)NCC(C)C)c1C. The molecular weight excluding hydrogens is 232 g/mol. The van der Waals surface area contributed by atoms with Gasteiger partial charge in [0.1, 0.15) is 0 Å². The Kier molecular flexibility index (Phi) is 5.41. The molecule has 5 heteroatoms. The average molecular weight is 254 g/mol. The van der Waals surface area contributed by atoms with Crippen LogP contribution in [0.4, 0.5) is 0 Å². The second-order valence-electron chi connectivity index (χ2n) is 4.53. The molecule has 0 atom stereocenters. The van der Waals surface area contributed by atoms with Crippen molar-refractivity contribution in [1.29, 1.82) is 0 Å². The molecule has 0 fully saturated rings. The first kappa shape index (κ1) is 14.0. The van der Waals surface area contributed by atoms with Gasteiger partial charge < -0.3 is 10.6 Å². The maximum atomic E-state index is 5.20. The van der Waals surface area contributed by atoms with Crippen LogP contribution in [0, 0.1) is 12.8 Å². The second kappa shape index (κ2) is 6.59. The highest BCUT2D eigenvalue weighted by atomic mass is 32.1. The number of nitrogens with one attached hydrogen (secondary N) is 2. The first-order valence-corrected chi connectivity index (χ1v) is 6.48. The summed E-state index contributed by atoms with van der Waals surface area (Å²) >= 11 is 5.20. The lowest BCUT2D eigenvalue weighted by Crippen LogP contribution is -2.36. The minimum Gasteiger partial charge on any atom is -0.362 e. The molecule has 0 spiro atoms. The topological polar surface area (TPSA) is 41.9 Å². The van der Waals surface area contributed by atoms with E-state index in [0.717, 1.165) is 19.6 Å². The standard InChI is InChI=1S/C12H22N4S/c1-5-16-10(4)11(8-15-16)7-14-12(17)13-6-9(2)3/h8-9H,5-7H2,1-4H3,(H2,13,14,17). The lowest BCUT2D eigenvalue weighted by molar-refractivity contribution is 0.618. The van der Waals surface area contributed by atoms with E-state index in [9.17, 15) is 0 Å². The van der Waals surface area contributed by atoms with Crippen molar-refractivity contribution in [3.63, 3.8) is 0 Å². The van der Waals surface area contributed by atoms with Crippen molar-refractivity contribution in [2.45, 2.75) is 40.8 Å². The number of aryl methyl sites for hydroxylation is 1. The zero-order valence-corrected chi connectivity index (χ0v) is 11.9. The normalized spacial score (nSPS) is 10.6. The van der Waals surface area contributed by atoms with Gasteiger partial charge in [-0.3, -0.25) is 4.68 Å². The molecule has 96 valence electrons. The average Bonchev–Trinajstić information content (AvgIpc) is 2.64. The van der Waals surface area contributed by atoms with Crippen LogP contribution < -0.4 is 10.6 Å². The Morgan fingerprint density at radius 2 is 2.18 bits per heavy atom. The lowest BCUT2D eigenvalue weighted by Gasteiger charge is -2.12. The monoisotopic (exact) mass is 254 g/mol. The maximum Gasteiger partial charge on any atom is 0.166 e. The summed E-state index contributed by atoms with van der Waals surface area (Å²) in [7, 11) is 0. The van der Waals surface area contributed by atoms with Crippen molar-refractivity contribution < 1.29 is 0 Å². The molecule has 0 radical (unpaired) electrons. The summed E-state index contributed by atoms with van der Waals surface area (Å²) < 4.78 is 1.99. The number of rotatable bonds is 5. The number of hydrogen-bond acceptors (Lipinski definition) is 2. The Hall–Kier alpha value is -1.10. The molecule has 17 heavy (non-hydrogen) atoms. The summed E-state index contributed by atoms with van der Waals surface area (Å²) in [4.78, 5) is 0. The van der Waals surface area contributed by atoms with E-state index in [1.807, 2.05) is 10.9 Å². The van der Waals surface area contributed by atoms with Crippen molar-refractivity contribution in [2.24, 2.45) is 5.92 Å². The van der Waals surface area contributed by atoms with Gasteiger partial charge in [0.05, 0.1) is 6.20 Å². The molecule has 1 heterocycles. The molecule has 1 aromatic heterocycles. The van der Waals surface area contributed by atoms with Gasteiger partial charge in [0.15, 0.2) is 5.11 Å². The van der Waals surface area contributed by atoms with Gasteiger partial charge in [-0.05, 0) is 32.0 Å². The molecule has 1 rings (SSSR count). The fourth-order valence-electron chi connectivity index (χ4n) is 1.51. The summed E-state index contributed by atoms with van der Waals surface area (Å²) in [6.45, 7) is 11.0. The van der Waals surface area contributed by atoms with Crippen molar-refractivity contribution in [3.8, 4) is 0 Å². The van der Waals surface area contributed by atoms with Crippen molar-refractivity contribution in [1.82, 2.24) is 20.4 Å². The van der Waals surface area contributed by atoms with E-state index in [1.165, 1.54) is 11.3 Å². The highest BCUT2D eigenvalue weighted by Crippen LogP contribution is 2.06. The predicted octanol–water partition coefficient (Wildman–Crippen LogP) is 1.83. The maximum absolute atomic E-state index is 5.20. The Labute approximate surface area is 109 Å². The molecule has 0 aromatic carbocycles. The highest BCUT2D eigenvalue weighted by molar-refractivity contribution is 7.80. The lowest BCUT2D eigenvalue weighted by atomic mass is 10.2. The quantitative estimate of drug-likeness (QED) is 0.787. The van der Waals surface area contributed by atoms with Gasteiger partial charge in [-0.15, -0.1) is 0 Å². The Balaban J connectivity index is 2.39. The number of thiocarbonyl (C=S) groups is 1. The van der Waals surface area contributed by atoms with E-state index in [4.69, 9.17) is 12.2 Å². The van der Waals surface area contributed by atoms with Crippen LogP contribution in [0.2, 0.25) is 0 Å². The summed E-state index contributed by atoms with van der Waals surface area (Å²) in [5, 5.41) is 11.4. The number of nitrogens with zero attached hydrogens (tertiary/aromatic N) is 2. The van der Waals surface area contributed by atoms with E-state index < -0.39 is 0 Å². The second-order valence-corrected chi connectivity index (χ2v) is 4.94. The number of hydrogen-bond donors (Lipinski definition) is 2. The molecule has 4 nitrogen and oxygen atoms in total. The fourth-order valence-corrected chi connectivity index (χ4v) is 1.67. The van der Waals surface area contributed by atoms with E-state index in [0.29, 0.717) is 11.0 Å². The zero-order valence-electron chi connectivity index (χ0n) is 11.1. The Bertz CT molecular complexity index is 371. The molecule has 0 amide bonds. The summed E-state index contributed by atoms with van der Waals surface area (Å²) in [5.74, 6) is 0.597. The van der Waals surface area contributed by atoms with Crippen LogP contribution in [0.25, 0.3) is 0 Å². The van der Waals surface area contributed by atoms with Crippen LogP contribution in [-0.4, -0.2) is 21.4 Å². The van der Waals surface area contributed by atoms with Gasteiger partial charge in [0.25, 0.3) is 0 Å². The van der Waals surface area contributed by atoms with E-state index in [1.54, 1.807) is 0 Å². The minimum absolute atomic E-state index is 0.597. The molecule has 0 aliphatic heterocycles. The third kappa shape index (κ3) is 4.34. The first-order chi connectivity index (χ1) is 8.04. The molecule has 0 aliphatic rings. The van der Waals surface area contributed by atoms with Gasteiger partial charge in [-0.2, -0.15) is 5.10 Å². The molecule has 0 unspecified atom stereocenters. The largest absolute Gasteiger partial charge is 0.362 e. The van der Waals surface area contributed by atoms with Gasteiger partial charge in [-0.1, -0.05) is 13.8 Å². The summed E-state index contributed by atoms with van der Waals surface area (Å²) in [5.41, 5.74) is 2.40. The van der Waals surface area contributed by atoms with Crippen molar-refractivity contribution >= 4 is 17.3 Å². The van der Waals surface area contributed by atoms with Crippen LogP contribution in [0.15, 0.2) is 6.20 Å². The van der Waals surface area contributed by atoms with Gasteiger partial charge in [0, 0.05) is 30.9 Å². The van der Waals surface area contributed by atoms with Gasteiger partial charge >= 0.3 is 0 Å². The van der Waals surface area contributed by atoms with Gasteiger partial charge in [-0.25, -0.2) is 0 Å². The van der Waals surface area contributed by atoms with E-state index >= 15 is 0 Å². The van der Waals surface area contributed by atoms with E-state index in [-0.39, 0.29) is 0 Å². The minimum atomic E-state index is 0.597. The third-order valence-corrected chi connectivity index (χ3v) is 2.90. The van der Waals surface area contributed by atoms with Crippen LogP contribution >= 0.6 is 12.2 Å². The third-order valence-electron chi connectivity index (χ3n) is 2.61. The molecule has 0 saturated heterocycles. The van der Waals surface area contributed by atoms with Crippen molar-refractivity contribution in [2.75, 3.05) is 6.54 Å².